The van der Waals surface area contributed by atoms with E-state index in [0.717, 1.165) is 28.1 Å². The van der Waals surface area contributed by atoms with Gasteiger partial charge in [0.1, 0.15) is 5.82 Å². The van der Waals surface area contributed by atoms with E-state index in [1.54, 1.807) is 12.1 Å². The van der Waals surface area contributed by atoms with Gasteiger partial charge in [0.2, 0.25) is 0 Å². The Kier molecular flexibility index (Phi) is 4.96. The van der Waals surface area contributed by atoms with E-state index in [4.69, 9.17) is 4.98 Å². The number of rotatable bonds is 4. The first-order valence-electron chi connectivity index (χ1n) is 9.84. The zero-order valence-electron chi connectivity index (χ0n) is 17.2. The Morgan fingerprint density at radius 1 is 0.800 bits per heavy atom. The third-order valence-corrected chi connectivity index (χ3v) is 5.14. The largest absolute Gasteiger partial charge is 0.337 e. The monoisotopic (exact) mass is 397 g/mol. The van der Waals surface area contributed by atoms with Gasteiger partial charge in [-0.2, -0.15) is 0 Å². The molecule has 1 aromatic heterocycles. The van der Waals surface area contributed by atoms with Gasteiger partial charge >= 0.3 is 0 Å². The van der Waals surface area contributed by atoms with Crippen LogP contribution in [0.1, 0.15) is 26.3 Å². The van der Waals surface area contributed by atoms with Gasteiger partial charge in [0.25, 0.3) is 5.69 Å². The summed E-state index contributed by atoms with van der Waals surface area (Å²) >= 11 is 0. The molecular weight excluding hydrogens is 374 g/mol. The van der Waals surface area contributed by atoms with E-state index in [9.17, 15) is 10.1 Å². The van der Waals surface area contributed by atoms with Crippen LogP contribution in [0.3, 0.4) is 0 Å². The first kappa shape index (κ1) is 19.6. The van der Waals surface area contributed by atoms with E-state index in [1.807, 2.05) is 30.3 Å². The standard InChI is InChI=1S/C25H23N3O2/c1-25(2,3)20-13-9-18(10-14-20)23-22(17-7-5-4-6-8-17)26-24(27-23)19-11-15-21(16-12-19)28(29)30/h4-16H,1-3H3,(H,26,27). The minimum Gasteiger partial charge on any atom is -0.337 e. The van der Waals surface area contributed by atoms with Crippen molar-refractivity contribution in [2.75, 3.05) is 0 Å². The van der Waals surface area contributed by atoms with Crippen LogP contribution >= 0.6 is 0 Å². The molecule has 0 spiro atoms. The zero-order valence-corrected chi connectivity index (χ0v) is 17.2. The predicted molar refractivity (Wildman–Crippen MR) is 120 cm³/mol. The van der Waals surface area contributed by atoms with Crippen LogP contribution < -0.4 is 0 Å². The summed E-state index contributed by atoms with van der Waals surface area (Å²) < 4.78 is 0. The van der Waals surface area contributed by atoms with Gasteiger partial charge in [-0.1, -0.05) is 75.4 Å². The Morgan fingerprint density at radius 2 is 1.40 bits per heavy atom. The fraction of sp³-hybridized carbons (Fsp3) is 0.160. The topological polar surface area (TPSA) is 71.8 Å². The van der Waals surface area contributed by atoms with Crippen LogP contribution in [-0.4, -0.2) is 14.9 Å². The van der Waals surface area contributed by atoms with Crippen molar-refractivity contribution in [1.82, 2.24) is 9.97 Å². The number of hydrogen-bond acceptors (Lipinski definition) is 3. The molecule has 150 valence electrons. The molecule has 0 aliphatic heterocycles. The van der Waals surface area contributed by atoms with Crippen LogP contribution in [0.25, 0.3) is 33.9 Å². The van der Waals surface area contributed by atoms with E-state index in [2.05, 4.69) is 50.0 Å². The second kappa shape index (κ2) is 7.59. The number of aromatic nitrogens is 2. The summed E-state index contributed by atoms with van der Waals surface area (Å²) in [6, 6.07) is 25.0. The summed E-state index contributed by atoms with van der Waals surface area (Å²) in [6.45, 7) is 6.58. The van der Waals surface area contributed by atoms with Crippen LogP contribution in [0, 0.1) is 10.1 Å². The quantitative estimate of drug-likeness (QED) is 0.311. The molecule has 0 fully saturated rings. The maximum atomic E-state index is 11.0. The van der Waals surface area contributed by atoms with Gasteiger partial charge in [0.15, 0.2) is 0 Å². The molecule has 4 rings (SSSR count). The molecule has 0 saturated heterocycles. The molecule has 4 aromatic rings. The maximum absolute atomic E-state index is 11.0. The second-order valence-corrected chi connectivity index (χ2v) is 8.31. The average Bonchev–Trinajstić information content (AvgIpc) is 3.19. The number of nitro benzene ring substituents is 1. The van der Waals surface area contributed by atoms with Crippen LogP contribution in [-0.2, 0) is 5.41 Å². The molecule has 5 heteroatoms. The lowest BCUT2D eigenvalue weighted by Crippen LogP contribution is -2.10. The van der Waals surface area contributed by atoms with Gasteiger partial charge in [0, 0.05) is 28.8 Å². The number of imidazole rings is 1. The predicted octanol–water partition coefficient (Wildman–Crippen LogP) is 6.62. The number of nitrogens with one attached hydrogen (secondary N) is 1. The van der Waals surface area contributed by atoms with Crippen molar-refractivity contribution in [3.05, 3.63) is 94.5 Å². The first-order chi connectivity index (χ1) is 14.3. The van der Waals surface area contributed by atoms with Gasteiger partial charge in [-0.25, -0.2) is 4.98 Å². The second-order valence-electron chi connectivity index (χ2n) is 8.31. The smallest absolute Gasteiger partial charge is 0.269 e. The molecule has 1 heterocycles. The van der Waals surface area contributed by atoms with Crippen LogP contribution in [0.15, 0.2) is 78.9 Å². The Hall–Kier alpha value is -3.73. The molecular formula is C25H23N3O2. The molecule has 5 nitrogen and oxygen atoms in total. The minimum absolute atomic E-state index is 0.0616. The lowest BCUT2D eigenvalue weighted by atomic mass is 9.86. The fourth-order valence-corrected chi connectivity index (χ4v) is 3.40. The molecule has 3 aromatic carbocycles. The Morgan fingerprint density at radius 3 is 1.97 bits per heavy atom. The number of aromatic amines is 1. The molecule has 1 N–H and O–H groups in total. The number of nitrogens with zero attached hydrogens (tertiary/aromatic N) is 2. The van der Waals surface area contributed by atoms with Gasteiger partial charge in [-0.3, -0.25) is 10.1 Å². The summed E-state index contributed by atoms with van der Waals surface area (Å²) in [7, 11) is 0. The van der Waals surface area contributed by atoms with Crippen molar-refractivity contribution in [3.63, 3.8) is 0 Å². The van der Waals surface area contributed by atoms with Gasteiger partial charge in [-0.15, -0.1) is 0 Å². The van der Waals surface area contributed by atoms with Gasteiger partial charge in [-0.05, 0) is 23.1 Å². The molecule has 0 unspecified atom stereocenters. The van der Waals surface area contributed by atoms with Crippen LogP contribution in [0.5, 0.6) is 0 Å². The van der Waals surface area contributed by atoms with Crippen molar-refractivity contribution in [2.24, 2.45) is 0 Å². The highest BCUT2D eigenvalue weighted by atomic mass is 16.6. The summed E-state index contributed by atoms with van der Waals surface area (Å²) in [6.07, 6.45) is 0. The van der Waals surface area contributed by atoms with Crippen LogP contribution in [0.4, 0.5) is 5.69 Å². The summed E-state index contributed by atoms with van der Waals surface area (Å²) in [5, 5.41) is 11.0. The molecule has 0 radical (unpaired) electrons. The highest BCUT2D eigenvalue weighted by Crippen LogP contribution is 2.34. The van der Waals surface area contributed by atoms with Gasteiger partial charge in [0.05, 0.1) is 16.3 Å². The summed E-state index contributed by atoms with van der Waals surface area (Å²) in [5.41, 5.74) is 6.05. The maximum Gasteiger partial charge on any atom is 0.269 e. The average molecular weight is 397 g/mol. The summed E-state index contributed by atoms with van der Waals surface area (Å²) in [4.78, 5) is 18.8. The van der Waals surface area contributed by atoms with Crippen LogP contribution in [0.2, 0.25) is 0 Å². The third-order valence-electron chi connectivity index (χ3n) is 5.14. The molecule has 0 aliphatic rings. The fourth-order valence-electron chi connectivity index (χ4n) is 3.40. The summed E-state index contributed by atoms with van der Waals surface area (Å²) in [5.74, 6) is 0.679. The van der Waals surface area contributed by atoms with Crippen molar-refractivity contribution in [3.8, 4) is 33.9 Å². The van der Waals surface area contributed by atoms with Crippen molar-refractivity contribution >= 4 is 5.69 Å². The lowest BCUT2D eigenvalue weighted by Gasteiger charge is -2.19. The van der Waals surface area contributed by atoms with Gasteiger partial charge < -0.3 is 4.98 Å². The highest BCUT2D eigenvalue weighted by Gasteiger charge is 2.18. The number of H-pyrrole nitrogens is 1. The molecule has 0 amide bonds. The first-order valence-corrected chi connectivity index (χ1v) is 9.84. The van der Waals surface area contributed by atoms with Crippen molar-refractivity contribution < 1.29 is 4.92 Å². The SMILES string of the molecule is CC(C)(C)c1ccc(-c2[nH]c(-c3ccc([N+](=O)[O-])cc3)nc2-c2ccccc2)cc1. The minimum atomic E-state index is -0.399. The molecule has 0 atom stereocenters. The van der Waals surface area contributed by atoms with E-state index in [-0.39, 0.29) is 11.1 Å². The zero-order chi connectivity index (χ0) is 21.3. The van der Waals surface area contributed by atoms with Crippen molar-refractivity contribution in [2.45, 2.75) is 26.2 Å². The van der Waals surface area contributed by atoms with E-state index >= 15 is 0 Å². The Labute approximate surface area is 175 Å². The molecule has 0 saturated carbocycles. The lowest BCUT2D eigenvalue weighted by molar-refractivity contribution is -0.384. The van der Waals surface area contributed by atoms with E-state index < -0.39 is 4.92 Å². The molecule has 0 bridgehead atoms. The highest BCUT2D eigenvalue weighted by molar-refractivity contribution is 5.81. The number of nitro groups is 1. The normalized spacial score (nSPS) is 11.4. The number of hydrogen-bond donors (Lipinski definition) is 1. The van der Waals surface area contributed by atoms with E-state index in [1.165, 1.54) is 17.7 Å². The van der Waals surface area contributed by atoms with Crippen molar-refractivity contribution in [1.29, 1.82) is 0 Å². The van der Waals surface area contributed by atoms with E-state index in [0.29, 0.717) is 5.82 Å². The Bertz CT molecular complexity index is 1170. The Balaban J connectivity index is 1.82. The third kappa shape index (κ3) is 3.87. The number of non-ortho nitro benzene ring substituents is 1. The molecule has 0 aliphatic carbocycles. The number of benzene rings is 3. The molecule has 30 heavy (non-hydrogen) atoms.